The third-order valence-corrected chi connectivity index (χ3v) is 4.77. The minimum absolute atomic E-state index is 0.0111. The average molecular weight is 337 g/mol. The van der Waals surface area contributed by atoms with Gasteiger partial charge in [0.2, 0.25) is 0 Å². The molecule has 11 nitrogen and oxygen atoms in total. The van der Waals surface area contributed by atoms with E-state index < -0.39 is 39.9 Å². The van der Waals surface area contributed by atoms with Crippen molar-refractivity contribution in [1.82, 2.24) is 15.4 Å². The zero-order chi connectivity index (χ0) is 16.1. The number of carboxylic acids is 1. The lowest BCUT2D eigenvalue weighted by Crippen LogP contribution is -2.63. The second-order valence-electron chi connectivity index (χ2n) is 5.50. The van der Waals surface area contributed by atoms with E-state index in [1.54, 1.807) is 0 Å². The second-order valence-corrected chi connectivity index (χ2v) is 6.50. The highest BCUT2D eigenvalue weighted by atomic mass is 32.3. The Morgan fingerprint density at radius 2 is 2.23 bits per heavy atom. The third kappa shape index (κ3) is 2.23. The van der Waals surface area contributed by atoms with Gasteiger partial charge in [0.05, 0.1) is 12.6 Å². The first-order valence-electron chi connectivity index (χ1n) is 6.61. The maximum Gasteiger partial charge on any atom is 0.418 e. The number of carbonyl (C=O) groups is 2. The van der Waals surface area contributed by atoms with Crippen LogP contribution in [0.2, 0.25) is 0 Å². The van der Waals surface area contributed by atoms with Crippen LogP contribution in [0.3, 0.4) is 0 Å². The molecule has 0 radical (unpaired) electrons. The Kier molecular flexibility index (Phi) is 3.52. The van der Waals surface area contributed by atoms with Crippen LogP contribution in [0.4, 0.5) is 4.79 Å². The first kappa shape index (κ1) is 15.4. The number of fused-ring (bicyclic) bond motifs is 2. The van der Waals surface area contributed by atoms with Gasteiger partial charge >= 0.3 is 22.4 Å². The van der Waals surface area contributed by atoms with E-state index in [1.807, 2.05) is 0 Å². The molecular weight excluding hydrogens is 322 g/mol. The Labute approximate surface area is 125 Å². The molecule has 3 rings (SSSR count). The van der Waals surface area contributed by atoms with Crippen molar-refractivity contribution >= 4 is 22.4 Å². The van der Waals surface area contributed by atoms with Crippen LogP contribution in [0.15, 0.2) is 0 Å². The molecule has 3 heterocycles. The topological polar surface area (TPSA) is 146 Å². The lowest BCUT2D eigenvalue weighted by Gasteiger charge is -2.43. The van der Waals surface area contributed by atoms with Crippen molar-refractivity contribution in [2.24, 2.45) is 5.92 Å². The average Bonchev–Trinajstić information content (AvgIpc) is 3.03. The van der Waals surface area contributed by atoms with E-state index in [4.69, 9.17) is 9.39 Å². The van der Waals surface area contributed by atoms with Crippen LogP contribution in [0, 0.1) is 5.92 Å². The predicted octanol–water partition coefficient (Wildman–Crippen LogP) is -1.40. The molecule has 3 N–H and O–H groups in total. The number of nitrogens with zero attached hydrogens (tertiary/aromatic N) is 2. The smallest absolute Gasteiger partial charge is 0.418 e. The molecule has 0 aliphatic carbocycles. The van der Waals surface area contributed by atoms with Crippen LogP contribution in [0.5, 0.6) is 0 Å². The molecule has 0 aromatic carbocycles. The van der Waals surface area contributed by atoms with E-state index >= 15 is 0 Å². The molecule has 12 heteroatoms. The molecular formula is C10H15N3O8S. The summed E-state index contributed by atoms with van der Waals surface area (Å²) < 4.78 is 34.7. The second kappa shape index (κ2) is 5.03. The normalized spacial score (nSPS) is 35.2. The van der Waals surface area contributed by atoms with Crippen molar-refractivity contribution in [3.8, 4) is 0 Å². The quantitative estimate of drug-likeness (QED) is 0.527. The molecule has 0 spiro atoms. The summed E-state index contributed by atoms with van der Waals surface area (Å²) in [5.74, 6) is -1.65. The highest BCUT2D eigenvalue weighted by Gasteiger charge is 2.62. The summed E-state index contributed by atoms with van der Waals surface area (Å²) >= 11 is 0. The number of carbonyl (C=O) groups excluding carboxylic acids is 1. The van der Waals surface area contributed by atoms with Crippen LogP contribution in [-0.4, -0.2) is 71.3 Å². The Morgan fingerprint density at radius 3 is 2.77 bits per heavy atom. The molecule has 3 saturated heterocycles. The summed E-state index contributed by atoms with van der Waals surface area (Å²) in [6.07, 6.45) is 0.375. The summed E-state index contributed by atoms with van der Waals surface area (Å²) in [7, 11) is -4.86. The van der Waals surface area contributed by atoms with Gasteiger partial charge in [-0.25, -0.2) is 15.1 Å². The molecule has 0 saturated carbocycles. The summed E-state index contributed by atoms with van der Waals surface area (Å²) in [5.41, 5.74) is 1.10. The molecule has 0 aromatic rings. The van der Waals surface area contributed by atoms with Crippen molar-refractivity contribution in [1.29, 1.82) is 0 Å². The van der Waals surface area contributed by atoms with Crippen LogP contribution in [0.25, 0.3) is 0 Å². The lowest BCUT2D eigenvalue weighted by molar-refractivity contribution is -0.155. The van der Waals surface area contributed by atoms with Gasteiger partial charge < -0.3 is 14.8 Å². The van der Waals surface area contributed by atoms with Crippen molar-refractivity contribution in [2.45, 2.75) is 24.4 Å². The Balaban J connectivity index is 1.93. The van der Waals surface area contributed by atoms with E-state index in [1.165, 1.54) is 0 Å². The van der Waals surface area contributed by atoms with Crippen molar-refractivity contribution in [3.63, 3.8) is 0 Å². The van der Waals surface area contributed by atoms with E-state index in [-0.39, 0.29) is 32.5 Å². The van der Waals surface area contributed by atoms with Crippen LogP contribution >= 0.6 is 0 Å². The van der Waals surface area contributed by atoms with Crippen molar-refractivity contribution in [2.75, 3.05) is 19.7 Å². The highest BCUT2D eigenvalue weighted by molar-refractivity contribution is 7.80. The maximum atomic E-state index is 12.4. The molecule has 3 fully saturated rings. The van der Waals surface area contributed by atoms with E-state index in [0.717, 1.165) is 4.90 Å². The molecule has 0 aromatic heterocycles. The van der Waals surface area contributed by atoms with Gasteiger partial charge in [0, 0.05) is 19.0 Å². The minimum atomic E-state index is -4.86. The molecule has 2 amide bonds. The van der Waals surface area contributed by atoms with Gasteiger partial charge in [0.1, 0.15) is 5.54 Å². The molecule has 22 heavy (non-hydrogen) atoms. The number of nitrogens with one attached hydrogen (secondary N) is 1. The van der Waals surface area contributed by atoms with Crippen molar-refractivity contribution < 1.29 is 36.8 Å². The molecule has 124 valence electrons. The maximum absolute atomic E-state index is 12.4. The monoisotopic (exact) mass is 337 g/mol. The van der Waals surface area contributed by atoms with Gasteiger partial charge in [0.15, 0.2) is 0 Å². The zero-order valence-corrected chi connectivity index (χ0v) is 12.2. The molecule has 3 aliphatic rings. The van der Waals surface area contributed by atoms with E-state index in [0.29, 0.717) is 5.06 Å². The van der Waals surface area contributed by atoms with Gasteiger partial charge in [-0.1, -0.05) is 0 Å². The fourth-order valence-corrected chi connectivity index (χ4v) is 3.79. The van der Waals surface area contributed by atoms with E-state index in [9.17, 15) is 23.1 Å². The Bertz CT molecular complexity index is 603. The summed E-state index contributed by atoms with van der Waals surface area (Å²) in [6.45, 7) is 0.400. The lowest BCUT2D eigenvalue weighted by atomic mass is 9.76. The van der Waals surface area contributed by atoms with Crippen molar-refractivity contribution in [3.05, 3.63) is 0 Å². The minimum Gasteiger partial charge on any atom is -0.479 e. The molecule has 1 unspecified atom stereocenters. The molecule has 3 atom stereocenters. The number of amides is 2. The summed E-state index contributed by atoms with van der Waals surface area (Å²) in [6, 6.07) is -1.52. The number of hydrogen-bond donors (Lipinski definition) is 3. The first-order valence-corrected chi connectivity index (χ1v) is 7.98. The van der Waals surface area contributed by atoms with E-state index in [2.05, 4.69) is 9.76 Å². The zero-order valence-electron chi connectivity index (χ0n) is 11.3. The van der Waals surface area contributed by atoms with Gasteiger partial charge in [-0.15, -0.1) is 4.28 Å². The highest BCUT2D eigenvalue weighted by Crippen LogP contribution is 2.42. The largest absolute Gasteiger partial charge is 0.479 e. The van der Waals surface area contributed by atoms with Gasteiger partial charge in [-0.2, -0.15) is 13.5 Å². The number of aliphatic carboxylic acids is 1. The Hall–Kier alpha value is -1.47. The van der Waals surface area contributed by atoms with Crippen LogP contribution < -0.4 is 5.48 Å². The molecule has 3 aliphatic heterocycles. The predicted molar refractivity (Wildman–Crippen MR) is 67.4 cm³/mol. The van der Waals surface area contributed by atoms with Crippen LogP contribution in [0.1, 0.15) is 12.8 Å². The number of piperidine rings is 1. The number of carboxylic acid groups (broad SMARTS) is 1. The van der Waals surface area contributed by atoms with Gasteiger partial charge in [0.25, 0.3) is 0 Å². The van der Waals surface area contributed by atoms with Gasteiger partial charge in [-0.05, 0) is 12.8 Å². The summed E-state index contributed by atoms with van der Waals surface area (Å²) in [5, 5.41) is 10.2. The van der Waals surface area contributed by atoms with Gasteiger partial charge in [-0.3, -0.25) is 4.55 Å². The number of rotatable bonds is 4. The SMILES string of the molecule is O=C1N(OS(=O)(=O)O)[C@@H]2CC[C@@](C(=O)O)(C3CNOC3)N1C2. The number of hydroxylamine groups is 3. The Morgan fingerprint density at radius 1 is 1.50 bits per heavy atom. The number of hydrogen-bond acceptors (Lipinski definition) is 7. The third-order valence-electron chi connectivity index (χ3n) is 4.42. The van der Waals surface area contributed by atoms with Crippen LogP contribution in [-0.2, 0) is 24.3 Å². The standard InChI is InChI=1S/C10H15N3O8S/c14-8(15)10(6-3-11-20-5-6)2-1-7-4-12(10)9(16)13(7)21-22(17,18)19/h6-7,11H,1-5H2,(H,14,15)(H,17,18,19)/t6?,7-,10+/m1/s1. The molecule has 2 bridgehead atoms. The fraction of sp³-hybridized carbons (Fsp3) is 0.800. The fourth-order valence-electron chi connectivity index (χ4n) is 3.40. The number of urea groups is 1. The summed E-state index contributed by atoms with van der Waals surface area (Å²) in [4.78, 5) is 30.3. The first-order chi connectivity index (χ1) is 10.3.